The monoisotopic (exact) mass is 291 g/mol. The van der Waals surface area contributed by atoms with Gasteiger partial charge >= 0.3 is 5.97 Å². The van der Waals surface area contributed by atoms with Crippen molar-refractivity contribution >= 4 is 34.2 Å². The summed E-state index contributed by atoms with van der Waals surface area (Å²) >= 11 is 1.57. The Balaban J connectivity index is 2.01. The van der Waals surface area contributed by atoms with E-state index in [0.717, 1.165) is 29.6 Å². The molecule has 0 aromatic carbocycles. The number of hydrogen-bond donors (Lipinski definition) is 1. The summed E-state index contributed by atoms with van der Waals surface area (Å²) in [6.07, 6.45) is 9.64. The van der Waals surface area contributed by atoms with Crippen LogP contribution in [0.25, 0.3) is 11.0 Å². The van der Waals surface area contributed by atoms with E-state index in [-0.39, 0.29) is 0 Å². The second kappa shape index (κ2) is 5.66. The summed E-state index contributed by atoms with van der Waals surface area (Å²) < 4.78 is 1.96. The fraction of sp³-hybridized carbons (Fsp3) is 0.429. The van der Waals surface area contributed by atoms with Crippen LogP contribution in [0.1, 0.15) is 31.4 Å². The first-order valence-electron chi connectivity index (χ1n) is 6.87. The second-order valence-corrected chi connectivity index (χ2v) is 5.82. The van der Waals surface area contributed by atoms with Gasteiger partial charge in [-0.25, -0.2) is 9.78 Å². The zero-order valence-corrected chi connectivity index (χ0v) is 12.0. The van der Waals surface area contributed by atoms with Gasteiger partial charge in [0.25, 0.3) is 0 Å². The van der Waals surface area contributed by atoms with E-state index >= 15 is 0 Å². The molecule has 5 nitrogen and oxygen atoms in total. The zero-order valence-electron chi connectivity index (χ0n) is 11.2. The maximum Gasteiger partial charge on any atom is 0.328 e. The van der Waals surface area contributed by atoms with E-state index in [1.165, 1.54) is 31.8 Å². The Morgan fingerprint density at radius 1 is 1.30 bits per heavy atom. The van der Waals surface area contributed by atoms with Crippen LogP contribution in [-0.4, -0.2) is 33.6 Å². The van der Waals surface area contributed by atoms with Crippen molar-refractivity contribution in [1.29, 1.82) is 0 Å². The van der Waals surface area contributed by atoms with Crippen LogP contribution in [0.3, 0.4) is 0 Å². The highest BCUT2D eigenvalue weighted by Gasteiger charge is 2.18. The quantitative estimate of drug-likeness (QED) is 0.883. The van der Waals surface area contributed by atoms with Crippen molar-refractivity contribution < 1.29 is 9.90 Å². The molecule has 0 saturated carbocycles. The maximum atomic E-state index is 10.8. The van der Waals surface area contributed by atoms with E-state index in [0.29, 0.717) is 0 Å². The van der Waals surface area contributed by atoms with Gasteiger partial charge in [0.05, 0.1) is 5.69 Å². The summed E-state index contributed by atoms with van der Waals surface area (Å²) in [7, 11) is 0. The third kappa shape index (κ3) is 2.56. The van der Waals surface area contributed by atoms with Gasteiger partial charge in [-0.05, 0) is 18.9 Å². The standard InChI is InChI=1S/C14H17N3O2S/c18-12(19)6-5-11-13(15-14-17(11)9-10-20-14)16-7-3-1-2-4-8-16/h5-6,9-10H,1-4,7-8H2,(H,18,19). The fourth-order valence-corrected chi connectivity index (χ4v) is 3.33. The van der Waals surface area contributed by atoms with Crippen LogP contribution in [0.4, 0.5) is 5.82 Å². The topological polar surface area (TPSA) is 57.8 Å². The first kappa shape index (κ1) is 13.2. The first-order valence-corrected chi connectivity index (χ1v) is 7.75. The largest absolute Gasteiger partial charge is 0.478 e. The third-order valence-corrected chi connectivity index (χ3v) is 4.33. The Hall–Kier alpha value is -1.82. The molecule has 0 amide bonds. The minimum atomic E-state index is -0.933. The van der Waals surface area contributed by atoms with Crippen molar-refractivity contribution in [2.45, 2.75) is 25.7 Å². The molecule has 0 radical (unpaired) electrons. The molecule has 0 atom stereocenters. The average Bonchev–Trinajstić information content (AvgIpc) is 2.88. The number of aliphatic carboxylic acids is 1. The molecule has 1 N–H and O–H groups in total. The number of carboxylic acids is 1. The maximum absolute atomic E-state index is 10.8. The molecular formula is C14H17N3O2S. The molecule has 3 rings (SSSR count). The van der Waals surface area contributed by atoms with Crippen molar-refractivity contribution in [2.75, 3.05) is 18.0 Å². The Labute approximate surface area is 121 Å². The van der Waals surface area contributed by atoms with Crippen LogP contribution in [0.15, 0.2) is 17.7 Å². The Morgan fingerprint density at radius 3 is 2.75 bits per heavy atom. The van der Waals surface area contributed by atoms with Crippen molar-refractivity contribution in [3.63, 3.8) is 0 Å². The number of anilines is 1. The number of thiazole rings is 1. The Kier molecular flexibility index (Phi) is 3.73. The molecule has 0 spiro atoms. The van der Waals surface area contributed by atoms with Gasteiger partial charge in [-0.3, -0.25) is 4.40 Å². The molecule has 1 aliphatic rings. The molecule has 1 fully saturated rings. The van der Waals surface area contributed by atoms with E-state index < -0.39 is 5.97 Å². The zero-order chi connectivity index (χ0) is 13.9. The number of rotatable bonds is 3. The van der Waals surface area contributed by atoms with Crippen LogP contribution in [0, 0.1) is 0 Å². The molecule has 0 unspecified atom stereocenters. The highest BCUT2D eigenvalue weighted by atomic mass is 32.1. The SMILES string of the molecule is O=C(O)C=Cc1c(N2CCCCCC2)nc2sccn12. The molecule has 1 aliphatic heterocycles. The third-order valence-electron chi connectivity index (χ3n) is 3.57. The van der Waals surface area contributed by atoms with Gasteiger partial charge < -0.3 is 10.0 Å². The van der Waals surface area contributed by atoms with Crippen molar-refractivity contribution in [1.82, 2.24) is 9.38 Å². The molecule has 106 valence electrons. The van der Waals surface area contributed by atoms with Crippen LogP contribution in [0.5, 0.6) is 0 Å². The van der Waals surface area contributed by atoms with Gasteiger partial charge in [-0.15, -0.1) is 11.3 Å². The number of imidazole rings is 1. The van der Waals surface area contributed by atoms with Gasteiger partial charge in [0.2, 0.25) is 0 Å². The minimum Gasteiger partial charge on any atom is -0.478 e. The molecule has 20 heavy (non-hydrogen) atoms. The van der Waals surface area contributed by atoms with Gasteiger partial charge in [-0.2, -0.15) is 0 Å². The van der Waals surface area contributed by atoms with Gasteiger partial charge in [-0.1, -0.05) is 12.8 Å². The number of fused-ring (bicyclic) bond motifs is 1. The number of hydrogen-bond acceptors (Lipinski definition) is 4. The van der Waals surface area contributed by atoms with Crippen molar-refractivity contribution in [3.8, 4) is 0 Å². The summed E-state index contributed by atoms with van der Waals surface area (Å²) in [6.45, 7) is 2.00. The van der Waals surface area contributed by atoms with Crippen LogP contribution in [-0.2, 0) is 4.79 Å². The molecule has 3 heterocycles. The minimum absolute atomic E-state index is 0.866. The lowest BCUT2D eigenvalue weighted by Gasteiger charge is -2.20. The highest BCUT2D eigenvalue weighted by Crippen LogP contribution is 2.27. The number of nitrogens with zero attached hydrogens (tertiary/aromatic N) is 3. The molecule has 1 saturated heterocycles. The van der Waals surface area contributed by atoms with Crippen LogP contribution < -0.4 is 4.90 Å². The normalized spacial score (nSPS) is 16.9. The second-order valence-electron chi connectivity index (χ2n) is 4.95. The lowest BCUT2D eigenvalue weighted by atomic mass is 10.2. The summed E-state index contributed by atoms with van der Waals surface area (Å²) in [4.78, 5) is 18.7. The number of carbonyl (C=O) groups is 1. The Bertz CT molecular complexity index is 636. The average molecular weight is 291 g/mol. The lowest BCUT2D eigenvalue weighted by molar-refractivity contribution is -0.131. The van der Waals surface area contributed by atoms with E-state index in [1.54, 1.807) is 17.4 Å². The molecule has 0 aliphatic carbocycles. The number of carboxylic acid groups (broad SMARTS) is 1. The van der Waals surface area contributed by atoms with Crippen LogP contribution in [0.2, 0.25) is 0 Å². The van der Waals surface area contributed by atoms with Crippen LogP contribution >= 0.6 is 11.3 Å². The van der Waals surface area contributed by atoms with Gasteiger partial charge in [0, 0.05) is 30.7 Å². The van der Waals surface area contributed by atoms with Crippen molar-refractivity contribution in [3.05, 3.63) is 23.3 Å². The van der Waals surface area contributed by atoms with E-state index in [1.807, 2.05) is 16.0 Å². The predicted octanol–water partition coefficient (Wildman–Crippen LogP) is 2.87. The molecule has 2 aromatic heterocycles. The molecule has 6 heteroatoms. The van der Waals surface area contributed by atoms with Crippen molar-refractivity contribution in [2.24, 2.45) is 0 Å². The summed E-state index contributed by atoms with van der Waals surface area (Å²) in [5.41, 5.74) is 0.866. The first-order chi connectivity index (χ1) is 9.75. The summed E-state index contributed by atoms with van der Waals surface area (Å²) in [6, 6.07) is 0. The van der Waals surface area contributed by atoms with Gasteiger partial charge in [0.15, 0.2) is 10.8 Å². The highest BCUT2D eigenvalue weighted by molar-refractivity contribution is 7.15. The van der Waals surface area contributed by atoms with E-state index in [9.17, 15) is 4.79 Å². The smallest absolute Gasteiger partial charge is 0.328 e. The van der Waals surface area contributed by atoms with E-state index in [4.69, 9.17) is 5.11 Å². The summed E-state index contributed by atoms with van der Waals surface area (Å²) in [5, 5.41) is 10.8. The summed E-state index contributed by atoms with van der Waals surface area (Å²) in [5.74, 6) is -0.0201. The molecule has 0 bridgehead atoms. The molecular weight excluding hydrogens is 274 g/mol. The lowest BCUT2D eigenvalue weighted by Crippen LogP contribution is -2.25. The fourth-order valence-electron chi connectivity index (χ4n) is 2.61. The molecule has 2 aromatic rings. The van der Waals surface area contributed by atoms with E-state index in [2.05, 4.69) is 9.88 Å². The predicted molar refractivity (Wildman–Crippen MR) is 80.4 cm³/mol. The Morgan fingerprint density at radius 2 is 2.05 bits per heavy atom. The number of aromatic nitrogens is 2. The van der Waals surface area contributed by atoms with Gasteiger partial charge in [0.1, 0.15) is 0 Å².